The lowest BCUT2D eigenvalue weighted by Gasteiger charge is -2.37. The molecule has 0 saturated carbocycles. The Labute approximate surface area is 215 Å². The van der Waals surface area contributed by atoms with E-state index in [0.29, 0.717) is 54.0 Å². The minimum atomic E-state index is -2.71. The summed E-state index contributed by atoms with van der Waals surface area (Å²) >= 11 is 0. The Hall–Kier alpha value is -3.87. The number of allylic oxidation sites excluding steroid dienone is 1. The number of aryl methyl sites for hydroxylation is 2. The number of carbonyl (C=O) groups is 1. The second-order valence-electron chi connectivity index (χ2n) is 9.38. The van der Waals surface area contributed by atoms with Crippen LogP contribution in [0.1, 0.15) is 45.5 Å². The van der Waals surface area contributed by atoms with E-state index >= 15 is 0 Å². The summed E-state index contributed by atoms with van der Waals surface area (Å²) in [5, 5.41) is 8.43. The number of anilines is 1. The van der Waals surface area contributed by atoms with Crippen LogP contribution in [0.3, 0.4) is 0 Å². The zero-order valence-corrected chi connectivity index (χ0v) is 21.0. The molecule has 0 atom stereocenters. The van der Waals surface area contributed by atoms with Gasteiger partial charge >= 0.3 is 6.55 Å². The fourth-order valence-corrected chi connectivity index (χ4v) is 4.90. The van der Waals surface area contributed by atoms with E-state index < -0.39 is 12.4 Å². The van der Waals surface area contributed by atoms with Crippen molar-refractivity contribution in [3.05, 3.63) is 113 Å². The predicted octanol–water partition coefficient (Wildman–Crippen LogP) is 6.95. The van der Waals surface area contributed by atoms with Gasteiger partial charge < -0.3 is 4.90 Å². The van der Waals surface area contributed by atoms with E-state index in [9.17, 15) is 18.0 Å². The van der Waals surface area contributed by atoms with Crippen LogP contribution >= 0.6 is 0 Å². The highest BCUT2D eigenvalue weighted by atomic mass is 19.3. The maximum Gasteiger partial charge on any atom is 0.319 e. The second kappa shape index (κ2) is 11.0. The Balaban J connectivity index is 1.43. The van der Waals surface area contributed by atoms with E-state index in [1.54, 1.807) is 73.3 Å². The van der Waals surface area contributed by atoms with Gasteiger partial charge in [0.05, 0.1) is 5.71 Å². The van der Waals surface area contributed by atoms with Crippen LogP contribution in [0, 0.1) is 31.0 Å². The summed E-state index contributed by atoms with van der Waals surface area (Å²) in [6.07, 6.45) is 1.07. The number of nitrogens with zero attached hydrogens (tertiary/aromatic N) is 2. The average molecular weight is 506 g/mol. The molecule has 7 heteroatoms. The number of piperidine rings is 1. The molecule has 4 rings (SSSR count). The van der Waals surface area contributed by atoms with Crippen molar-refractivity contribution in [3.8, 4) is 0 Å². The van der Waals surface area contributed by atoms with Crippen molar-refractivity contribution in [2.24, 2.45) is 5.92 Å². The van der Waals surface area contributed by atoms with E-state index in [1.165, 1.54) is 6.07 Å². The topological polar surface area (TPSA) is 47.4 Å². The number of alkyl halides is 2. The minimum absolute atomic E-state index is 0.0613. The van der Waals surface area contributed by atoms with Crippen LogP contribution in [0.5, 0.6) is 0 Å². The molecule has 1 amide bonds. The zero-order chi connectivity index (χ0) is 26.7. The smallest absolute Gasteiger partial charge is 0.319 e. The van der Waals surface area contributed by atoms with Crippen molar-refractivity contribution in [1.29, 1.82) is 5.41 Å². The van der Waals surface area contributed by atoms with Crippen molar-refractivity contribution in [3.63, 3.8) is 0 Å². The van der Waals surface area contributed by atoms with Crippen LogP contribution in [0.4, 0.5) is 18.9 Å². The number of hydrogen-bond donors (Lipinski definition) is 1. The largest absolute Gasteiger partial charge is 0.339 e. The quantitative estimate of drug-likeness (QED) is 0.279. The molecule has 0 unspecified atom stereocenters. The Morgan fingerprint density at radius 2 is 1.62 bits per heavy atom. The summed E-state index contributed by atoms with van der Waals surface area (Å²) < 4.78 is 42.2. The highest BCUT2D eigenvalue weighted by molar-refractivity contribution is 6.12. The molecule has 37 heavy (non-hydrogen) atoms. The van der Waals surface area contributed by atoms with Crippen LogP contribution in [-0.4, -0.2) is 36.2 Å². The molecule has 0 bridgehead atoms. The number of halogens is 3. The summed E-state index contributed by atoms with van der Waals surface area (Å²) in [6.45, 7) is 5.75. The molecular weight excluding hydrogens is 475 g/mol. The number of benzene rings is 3. The molecule has 4 nitrogen and oxygen atoms in total. The molecule has 0 spiro atoms. The SMILES string of the molecule is C=C(C1CCN(C(=O)c2ccc(C(=N)c3ccccc3F)c(C)c2)CC1)N(c1ccccc1C)C(F)F. The lowest BCUT2D eigenvalue weighted by molar-refractivity contribution is 0.0695. The highest BCUT2D eigenvalue weighted by Crippen LogP contribution is 2.34. The molecule has 1 heterocycles. The molecule has 0 aromatic heterocycles. The number of carbonyl (C=O) groups excluding carboxylic acids is 1. The van der Waals surface area contributed by atoms with E-state index in [4.69, 9.17) is 5.41 Å². The van der Waals surface area contributed by atoms with Gasteiger partial charge in [0.25, 0.3) is 5.91 Å². The van der Waals surface area contributed by atoms with Gasteiger partial charge in [-0.2, -0.15) is 8.78 Å². The fraction of sp³-hybridized carbons (Fsp3) is 0.267. The molecule has 0 aliphatic carbocycles. The first-order valence-electron chi connectivity index (χ1n) is 12.2. The molecule has 3 aromatic rings. The molecule has 1 saturated heterocycles. The monoisotopic (exact) mass is 505 g/mol. The number of nitrogens with one attached hydrogen (secondary N) is 1. The normalized spacial score (nSPS) is 14.1. The lowest BCUT2D eigenvalue weighted by Crippen LogP contribution is -2.41. The van der Waals surface area contributed by atoms with Crippen molar-refractivity contribution < 1.29 is 18.0 Å². The molecule has 3 aromatic carbocycles. The maximum absolute atomic E-state index is 14.2. The zero-order valence-electron chi connectivity index (χ0n) is 21.0. The molecule has 1 N–H and O–H groups in total. The van der Waals surface area contributed by atoms with Crippen LogP contribution < -0.4 is 4.90 Å². The molecule has 1 aliphatic heterocycles. The van der Waals surface area contributed by atoms with Crippen molar-refractivity contribution >= 4 is 17.3 Å². The van der Waals surface area contributed by atoms with Crippen LogP contribution in [0.25, 0.3) is 0 Å². The molecule has 192 valence electrons. The fourth-order valence-electron chi connectivity index (χ4n) is 4.90. The summed E-state index contributed by atoms with van der Waals surface area (Å²) in [6, 6.07) is 18.2. The van der Waals surface area contributed by atoms with Gasteiger partial charge in [0, 0.05) is 47.1 Å². The van der Waals surface area contributed by atoms with Gasteiger partial charge in [0.15, 0.2) is 0 Å². The summed E-state index contributed by atoms with van der Waals surface area (Å²) in [7, 11) is 0. The van der Waals surface area contributed by atoms with Crippen LogP contribution in [-0.2, 0) is 0 Å². The van der Waals surface area contributed by atoms with Crippen molar-refractivity contribution in [2.45, 2.75) is 33.2 Å². The highest BCUT2D eigenvalue weighted by Gasteiger charge is 2.31. The maximum atomic E-state index is 14.2. The van der Waals surface area contributed by atoms with Gasteiger partial charge in [-0.1, -0.05) is 43.0 Å². The third-order valence-corrected chi connectivity index (χ3v) is 7.02. The summed E-state index contributed by atoms with van der Waals surface area (Å²) in [4.78, 5) is 15.9. The number of rotatable bonds is 7. The lowest BCUT2D eigenvalue weighted by atomic mass is 9.92. The number of amides is 1. The Bertz CT molecular complexity index is 1330. The van der Waals surface area contributed by atoms with Crippen LogP contribution in [0.15, 0.2) is 79.0 Å². The minimum Gasteiger partial charge on any atom is -0.339 e. The van der Waals surface area contributed by atoms with E-state index in [2.05, 4.69) is 6.58 Å². The van der Waals surface area contributed by atoms with E-state index in [1.807, 2.05) is 6.07 Å². The first-order chi connectivity index (χ1) is 17.7. The van der Waals surface area contributed by atoms with Crippen molar-refractivity contribution in [1.82, 2.24) is 4.90 Å². The standard InChI is InChI=1S/C30H30F3N3O/c1-19-8-4-7-11-27(19)36(30(32)33)21(3)22-14-16-35(17-15-22)29(37)23-12-13-24(20(2)18-23)28(34)25-9-5-6-10-26(25)31/h4-13,18,22,30,34H,3,14-17H2,1-2H3. The first-order valence-corrected chi connectivity index (χ1v) is 12.2. The van der Waals surface area contributed by atoms with Crippen LogP contribution in [0.2, 0.25) is 0 Å². The number of likely N-dealkylation sites (tertiary alicyclic amines) is 1. The van der Waals surface area contributed by atoms with Gasteiger partial charge in [-0.25, -0.2) is 4.39 Å². The average Bonchev–Trinajstić information content (AvgIpc) is 2.89. The van der Waals surface area contributed by atoms with E-state index in [-0.39, 0.29) is 23.1 Å². The third kappa shape index (κ3) is 5.45. The van der Waals surface area contributed by atoms with Gasteiger partial charge in [0.1, 0.15) is 5.82 Å². The Morgan fingerprint density at radius 1 is 0.973 bits per heavy atom. The summed E-state index contributed by atoms with van der Waals surface area (Å²) in [5.74, 6) is -0.784. The molecule has 0 radical (unpaired) electrons. The number of para-hydroxylation sites is 1. The molecule has 1 fully saturated rings. The Kier molecular flexibility index (Phi) is 7.81. The first kappa shape index (κ1) is 26.2. The second-order valence-corrected chi connectivity index (χ2v) is 9.38. The summed E-state index contributed by atoms with van der Waals surface area (Å²) in [5.41, 5.74) is 3.56. The van der Waals surface area contributed by atoms with Gasteiger partial charge in [-0.3, -0.25) is 15.1 Å². The van der Waals surface area contributed by atoms with Gasteiger partial charge in [-0.15, -0.1) is 0 Å². The Morgan fingerprint density at radius 3 is 2.24 bits per heavy atom. The number of hydrogen-bond acceptors (Lipinski definition) is 3. The van der Waals surface area contributed by atoms with Crippen molar-refractivity contribution in [2.75, 3.05) is 18.0 Å². The predicted molar refractivity (Wildman–Crippen MR) is 141 cm³/mol. The van der Waals surface area contributed by atoms with Gasteiger partial charge in [-0.05, 0) is 68.1 Å². The van der Waals surface area contributed by atoms with Gasteiger partial charge in [0.2, 0.25) is 0 Å². The van der Waals surface area contributed by atoms with E-state index in [0.717, 1.165) is 10.5 Å². The third-order valence-electron chi connectivity index (χ3n) is 7.02. The molecular formula is C30H30F3N3O. The molecule has 1 aliphatic rings.